The molecule has 30 heavy (non-hydrogen) atoms. The zero-order valence-electron chi connectivity index (χ0n) is 16.2. The van der Waals surface area contributed by atoms with Crippen molar-refractivity contribution >= 4 is 45.2 Å². The van der Waals surface area contributed by atoms with Gasteiger partial charge in [0.15, 0.2) is 0 Å². The molecule has 2 aliphatic heterocycles. The third kappa shape index (κ3) is 3.49. The van der Waals surface area contributed by atoms with Crippen LogP contribution in [0.4, 0.5) is 5.69 Å². The minimum atomic E-state index is -0.989. The summed E-state index contributed by atoms with van der Waals surface area (Å²) in [5, 5.41) is 11.1. The number of nitrogens with one attached hydrogen (secondary N) is 1. The number of imide groups is 2. The highest BCUT2D eigenvalue weighted by molar-refractivity contribution is 9.09. The van der Waals surface area contributed by atoms with Crippen LogP contribution in [0.25, 0.3) is 0 Å². The molecule has 1 saturated heterocycles. The number of amides is 4. The van der Waals surface area contributed by atoms with Gasteiger partial charge in [-0.05, 0) is 18.6 Å². The molecule has 0 bridgehead atoms. The van der Waals surface area contributed by atoms with Gasteiger partial charge < -0.3 is 4.90 Å². The maximum absolute atomic E-state index is 13.2. The summed E-state index contributed by atoms with van der Waals surface area (Å²) in [4.78, 5) is 52.6. The van der Waals surface area contributed by atoms with Crippen molar-refractivity contribution in [2.75, 3.05) is 17.3 Å². The molecule has 0 aliphatic carbocycles. The van der Waals surface area contributed by atoms with Crippen LogP contribution < -0.4 is 10.2 Å². The van der Waals surface area contributed by atoms with Crippen molar-refractivity contribution < 1.29 is 19.2 Å². The van der Waals surface area contributed by atoms with E-state index in [1.54, 1.807) is 29.9 Å². The fraction of sp³-hybridized carbons (Fsp3) is 0.368. The second-order valence-corrected chi connectivity index (χ2v) is 7.96. The number of hydrogen-bond acceptors (Lipinski definition) is 7. The number of hydrogen-bond donors (Lipinski definition) is 1. The van der Waals surface area contributed by atoms with Crippen LogP contribution in [0, 0.1) is 0 Å². The van der Waals surface area contributed by atoms with E-state index >= 15 is 0 Å². The Bertz CT molecular complexity index is 1050. The minimum absolute atomic E-state index is 0.0840. The van der Waals surface area contributed by atoms with Crippen LogP contribution in [0.1, 0.15) is 39.3 Å². The van der Waals surface area contributed by atoms with Gasteiger partial charge in [-0.2, -0.15) is 0 Å². The Kier molecular flexibility index (Phi) is 5.37. The van der Waals surface area contributed by atoms with Crippen molar-refractivity contribution in [3.05, 3.63) is 41.2 Å². The number of nitrogens with zero attached hydrogens (tertiary/aromatic N) is 5. The molecule has 1 fully saturated rings. The van der Waals surface area contributed by atoms with Crippen molar-refractivity contribution in [3.63, 3.8) is 0 Å². The first kappa shape index (κ1) is 20.2. The summed E-state index contributed by atoms with van der Waals surface area (Å²) < 4.78 is 1.72. The van der Waals surface area contributed by atoms with Gasteiger partial charge in [-0.1, -0.05) is 27.2 Å². The molecule has 1 aromatic carbocycles. The number of halogens is 1. The summed E-state index contributed by atoms with van der Waals surface area (Å²) in [6.45, 7) is 1.07. The first-order valence-corrected chi connectivity index (χ1v) is 10.5. The molecule has 3 heterocycles. The summed E-state index contributed by atoms with van der Waals surface area (Å²) >= 11 is 3.35. The lowest BCUT2D eigenvalue weighted by Gasteiger charge is -2.28. The van der Waals surface area contributed by atoms with Crippen LogP contribution in [0.3, 0.4) is 0 Å². The Morgan fingerprint density at radius 2 is 2.03 bits per heavy atom. The smallest absolute Gasteiger partial charge is 0.264 e. The summed E-state index contributed by atoms with van der Waals surface area (Å²) in [5.74, 6) is -2.08. The molecule has 0 radical (unpaired) electrons. The van der Waals surface area contributed by atoms with Gasteiger partial charge in [-0.25, -0.2) is 0 Å². The molecule has 2 aromatic rings. The van der Waals surface area contributed by atoms with Crippen LogP contribution >= 0.6 is 15.9 Å². The fourth-order valence-electron chi connectivity index (χ4n) is 3.75. The van der Waals surface area contributed by atoms with Gasteiger partial charge in [0.05, 0.1) is 36.1 Å². The number of aryl methyl sites for hydroxylation is 1. The number of fused-ring (bicyclic) bond motifs is 1. The third-order valence-electron chi connectivity index (χ3n) is 5.16. The van der Waals surface area contributed by atoms with Gasteiger partial charge in [-0.15, -0.1) is 5.10 Å². The van der Waals surface area contributed by atoms with Crippen LogP contribution in [-0.4, -0.2) is 61.9 Å². The third-order valence-corrected chi connectivity index (χ3v) is 5.51. The number of carbonyl (C=O) groups excluding carboxylic acids is 4. The second kappa shape index (κ2) is 7.98. The molecule has 0 spiro atoms. The maximum atomic E-state index is 13.2. The van der Waals surface area contributed by atoms with Crippen LogP contribution in [0.5, 0.6) is 0 Å². The number of rotatable bonds is 6. The van der Waals surface area contributed by atoms with E-state index in [9.17, 15) is 19.2 Å². The lowest BCUT2D eigenvalue weighted by molar-refractivity contribution is -0.136. The number of carbonyl (C=O) groups is 4. The summed E-state index contributed by atoms with van der Waals surface area (Å²) in [5.41, 5.74) is 1.78. The molecular formula is C19H19BrN6O4. The predicted octanol–water partition coefficient (Wildman–Crippen LogP) is 0.711. The largest absolute Gasteiger partial charge is 0.368 e. The van der Waals surface area contributed by atoms with Gasteiger partial charge >= 0.3 is 0 Å². The number of benzene rings is 1. The lowest BCUT2D eigenvalue weighted by atomic mass is 10.0. The lowest BCUT2D eigenvalue weighted by Crippen LogP contribution is -2.54. The number of alkyl halides is 1. The Morgan fingerprint density at radius 3 is 2.77 bits per heavy atom. The van der Waals surface area contributed by atoms with E-state index in [0.717, 1.165) is 15.9 Å². The van der Waals surface area contributed by atoms with E-state index in [0.29, 0.717) is 18.8 Å². The molecule has 0 saturated carbocycles. The first-order valence-electron chi connectivity index (χ1n) is 9.41. The first-order chi connectivity index (χ1) is 14.4. The van der Waals surface area contributed by atoms with Crippen molar-refractivity contribution in [3.8, 4) is 0 Å². The maximum Gasteiger partial charge on any atom is 0.264 e. The summed E-state index contributed by atoms with van der Waals surface area (Å²) in [6.07, 6.45) is 2.03. The monoisotopic (exact) mass is 474 g/mol. The molecule has 1 atom stereocenters. The van der Waals surface area contributed by atoms with E-state index in [-0.39, 0.29) is 24.0 Å². The van der Waals surface area contributed by atoms with Gasteiger partial charge in [0, 0.05) is 18.8 Å². The Hall–Kier alpha value is -3.08. The van der Waals surface area contributed by atoms with Crippen LogP contribution in [0.2, 0.25) is 0 Å². The summed E-state index contributed by atoms with van der Waals surface area (Å²) in [7, 11) is 1.80. The van der Waals surface area contributed by atoms with Crippen LogP contribution in [0.15, 0.2) is 24.4 Å². The average molecular weight is 475 g/mol. The Balaban J connectivity index is 1.61. The molecule has 1 unspecified atom stereocenters. The molecule has 1 N–H and O–H groups in total. The molecule has 11 heteroatoms. The van der Waals surface area contributed by atoms with Crippen molar-refractivity contribution in [1.29, 1.82) is 0 Å². The van der Waals surface area contributed by atoms with Gasteiger partial charge in [0.1, 0.15) is 11.7 Å². The zero-order valence-corrected chi connectivity index (χ0v) is 17.8. The van der Waals surface area contributed by atoms with Gasteiger partial charge in [0.2, 0.25) is 11.8 Å². The van der Waals surface area contributed by atoms with Crippen molar-refractivity contribution in [1.82, 2.24) is 25.2 Å². The fourth-order valence-corrected chi connectivity index (χ4v) is 4.11. The minimum Gasteiger partial charge on any atom is -0.368 e. The zero-order chi connectivity index (χ0) is 21.4. The van der Waals surface area contributed by atoms with Crippen LogP contribution in [-0.2, 0) is 22.7 Å². The SMILES string of the molecule is CN(Cc1cn(CCBr)nn1)c1cccc2c1C(=O)N(C1CCC(=O)NC1=O)C2=O. The molecule has 4 amide bonds. The van der Waals surface area contributed by atoms with E-state index in [2.05, 4.69) is 31.6 Å². The quantitative estimate of drug-likeness (QED) is 0.483. The normalized spacial score (nSPS) is 18.6. The number of piperidine rings is 1. The number of aromatic nitrogens is 3. The average Bonchev–Trinajstić information content (AvgIpc) is 3.25. The Labute approximate surface area is 180 Å². The van der Waals surface area contributed by atoms with Crippen molar-refractivity contribution in [2.45, 2.75) is 32.0 Å². The van der Waals surface area contributed by atoms with Gasteiger partial charge in [-0.3, -0.25) is 34.1 Å². The molecule has 4 rings (SSSR count). The summed E-state index contributed by atoms with van der Waals surface area (Å²) in [6, 6.07) is 4.04. The molecule has 2 aliphatic rings. The van der Waals surface area contributed by atoms with E-state index in [1.807, 2.05) is 11.1 Å². The predicted molar refractivity (Wildman–Crippen MR) is 109 cm³/mol. The second-order valence-electron chi connectivity index (χ2n) is 7.16. The topological polar surface area (TPSA) is 118 Å². The van der Waals surface area contributed by atoms with E-state index < -0.39 is 29.7 Å². The van der Waals surface area contributed by atoms with Gasteiger partial charge in [0.25, 0.3) is 11.8 Å². The number of anilines is 1. The molecule has 1 aromatic heterocycles. The van der Waals surface area contributed by atoms with E-state index in [4.69, 9.17) is 0 Å². The highest BCUT2D eigenvalue weighted by atomic mass is 79.9. The van der Waals surface area contributed by atoms with E-state index in [1.165, 1.54) is 0 Å². The highest BCUT2D eigenvalue weighted by Gasteiger charge is 2.45. The van der Waals surface area contributed by atoms with Crippen molar-refractivity contribution in [2.24, 2.45) is 0 Å². The highest BCUT2D eigenvalue weighted by Crippen LogP contribution is 2.34. The Morgan fingerprint density at radius 1 is 1.23 bits per heavy atom. The molecule has 10 nitrogen and oxygen atoms in total. The molecule has 156 valence electrons. The molecular weight excluding hydrogens is 456 g/mol. The standard InChI is InChI=1S/C19H19BrN6O4/c1-24(9-11-10-25(8-7-20)23-22-11)13-4-2-3-12-16(13)19(30)26(18(12)29)14-5-6-15(27)21-17(14)28/h2-4,10,14H,5-9H2,1H3,(H,21,27,28).